The lowest BCUT2D eigenvalue weighted by molar-refractivity contribution is -0.277. The molecule has 0 aromatic carbocycles. The third-order valence-electron chi connectivity index (χ3n) is 0.807. The highest BCUT2D eigenvalue weighted by Crippen LogP contribution is 2.19. The van der Waals surface area contributed by atoms with Crippen molar-refractivity contribution in [3.05, 3.63) is 17.4 Å². The van der Waals surface area contributed by atoms with Crippen molar-refractivity contribution in [2.24, 2.45) is 0 Å². The van der Waals surface area contributed by atoms with E-state index in [0.717, 1.165) is 6.20 Å². The van der Waals surface area contributed by atoms with E-state index in [4.69, 9.17) is 11.6 Å². The van der Waals surface area contributed by atoms with E-state index >= 15 is 0 Å². The number of rotatable bonds is 1. The Morgan fingerprint density at radius 2 is 2.08 bits per heavy atom. The van der Waals surface area contributed by atoms with Crippen LogP contribution in [0, 0.1) is 0 Å². The van der Waals surface area contributed by atoms with Gasteiger partial charge in [0.05, 0.1) is 0 Å². The van der Waals surface area contributed by atoms with Gasteiger partial charge >= 0.3 is 12.4 Å². The average molecular weight is 199 g/mol. The van der Waals surface area contributed by atoms with Gasteiger partial charge in [0.1, 0.15) is 5.15 Å². The summed E-state index contributed by atoms with van der Waals surface area (Å²) in [6.07, 6.45) is -3.72. The first-order chi connectivity index (χ1) is 5.47. The molecule has 0 bridgehead atoms. The van der Waals surface area contributed by atoms with E-state index in [1.807, 2.05) is 0 Å². The summed E-state index contributed by atoms with van der Waals surface area (Å²) < 4.78 is 38.0. The molecule has 0 aliphatic heterocycles. The summed E-state index contributed by atoms with van der Waals surface area (Å²) >= 11 is 5.28. The second kappa shape index (κ2) is 3.14. The molecule has 7 heteroatoms. The maximum atomic E-state index is 11.5. The predicted molar refractivity (Wildman–Crippen MR) is 33.7 cm³/mol. The van der Waals surface area contributed by atoms with E-state index < -0.39 is 12.4 Å². The number of aromatic nitrogens is 2. The molecule has 0 unspecified atom stereocenters. The van der Waals surface area contributed by atoms with Gasteiger partial charge in [-0.3, -0.25) is 0 Å². The Morgan fingerprint density at radius 1 is 1.42 bits per heavy atom. The third kappa shape index (κ3) is 2.91. The van der Waals surface area contributed by atoms with Crippen LogP contribution in [0.4, 0.5) is 13.2 Å². The smallest absolute Gasteiger partial charge is 0.371 e. The minimum absolute atomic E-state index is 0.107. The van der Waals surface area contributed by atoms with Gasteiger partial charge in [0, 0.05) is 6.20 Å². The van der Waals surface area contributed by atoms with Crippen molar-refractivity contribution in [1.29, 1.82) is 0 Å². The molecule has 66 valence electrons. The summed E-state index contributed by atoms with van der Waals surface area (Å²) in [6.45, 7) is 0. The number of halogens is 4. The summed E-state index contributed by atoms with van der Waals surface area (Å²) in [6, 6.07) is 0.431. The fourth-order valence-corrected chi connectivity index (χ4v) is 0.601. The summed E-state index contributed by atoms with van der Waals surface area (Å²) in [7, 11) is 0. The molecule has 0 aliphatic carbocycles. The summed E-state index contributed by atoms with van der Waals surface area (Å²) in [5.74, 6) is 0. The lowest BCUT2D eigenvalue weighted by Crippen LogP contribution is -2.18. The van der Waals surface area contributed by atoms with E-state index in [1.54, 1.807) is 0 Å². The van der Waals surface area contributed by atoms with Gasteiger partial charge in [-0.05, 0) is 6.07 Å². The van der Waals surface area contributed by atoms with Gasteiger partial charge in [0.2, 0.25) is 0 Å². The molecule has 0 amide bonds. The summed E-state index contributed by atoms with van der Waals surface area (Å²) in [4.78, 5) is 6.36. The molecule has 0 fully saturated rings. The number of hydrogen-bond donors (Lipinski definition) is 0. The van der Waals surface area contributed by atoms with Crippen molar-refractivity contribution in [3.63, 3.8) is 0 Å². The van der Waals surface area contributed by atoms with Gasteiger partial charge in [-0.25, -0.2) is 4.98 Å². The fraction of sp³-hybridized carbons (Fsp3) is 0.200. The topological polar surface area (TPSA) is 35.0 Å². The second-order valence-electron chi connectivity index (χ2n) is 1.71. The van der Waals surface area contributed by atoms with Crippen molar-refractivity contribution in [1.82, 2.24) is 9.97 Å². The van der Waals surface area contributed by atoms with Crippen LogP contribution >= 0.6 is 11.6 Å². The van der Waals surface area contributed by atoms with Crippen LogP contribution < -0.4 is 4.74 Å². The van der Waals surface area contributed by atoms with Crippen LogP contribution in [0.25, 0.3) is 0 Å². The number of ether oxygens (including phenoxy) is 1. The van der Waals surface area contributed by atoms with Gasteiger partial charge < -0.3 is 4.74 Å². The van der Waals surface area contributed by atoms with Crippen LogP contribution in [0.2, 0.25) is 5.15 Å². The fourth-order valence-electron chi connectivity index (χ4n) is 0.473. The Labute approximate surface area is 70.1 Å². The molecule has 1 heterocycles. The van der Waals surface area contributed by atoms with Crippen molar-refractivity contribution in [3.8, 4) is 6.01 Å². The number of nitrogens with zero attached hydrogens (tertiary/aromatic N) is 2. The molecule has 0 saturated heterocycles. The molecule has 1 aromatic rings. The molecule has 0 atom stereocenters. The molecule has 1 rings (SSSR count). The Hall–Kier alpha value is -1.04. The second-order valence-corrected chi connectivity index (χ2v) is 2.10. The molecule has 0 N–H and O–H groups in total. The van der Waals surface area contributed by atoms with Gasteiger partial charge in [-0.2, -0.15) is 4.98 Å². The number of hydrogen-bond acceptors (Lipinski definition) is 3. The van der Waals surface area contributed by atoms with Crippen LogP contribution in [-0.4, -0.2) is 16.3 Å². The largest absolute Gasteiger partial charge is 0.575 e. The molecule has 12 heavy (non-hydrogen) atoms. The monoisotopic (exact) mass is 198 g/mol. The van der Waals surface area contributed by atoms with E-state index in [-0.39, 0.29) is 5.15 Å². The van der Waals surface area contributed by atoms with E-state index in [0.29, 0.717) is 0 Å². The highest BCUT2D eigenvalue weighted by Gasteiger charge is 2.32. The molecule has 3 nitrogen and oxygen atoms in total. The molecular weight excluding hydrogens is 197 g/mol. The summed E-state index contributed by atoms with van der Waals surface area (Å²) in [5, 5.41) is -0.107. The van der Waals surface area contributed by atoms with Crippen LogP contribution in [0.15, 0.2) is 12.3 Å². The quantitative estimate of drug-likeness (QED) is 0.648. The van der Waals surface area contributed by atoms with Gasteiger partial charge in [0.15, 0.2) is 0 Å². The van der Waals surface area contributed by atoms with Gasteiger partial charge in [0.25, 0.3) is 0 Å². The zero-order valence-corrected chi connectivity index (χ0v) is 6.23. The average Bonchev–Trinajstić information content (AvgIpc) is 1.82. The maximum Gasteiger partial charge on any atom is 0.575 e. The Kier molecular flexibility index (Phi) is 2.37. The lowest BCUT2D eigenvalue weighted by Gasteiger charge is -2.05. The minimum Gasteiger partial charge on any atom is -0.371 e. The Balaban J connectivity index is 2.77. The standard InChI is InChI=1S/C5H2ClF3N2O/c6-3-1-2-10-4(11-3)12-5(7,8)9/h1-2H. The predicted octanol–water partition coefficient (Wildman–Crippen LogP) is 2.03. The third-order valence-corrected chi connectivity index (χ3v) is 1.02. The maximum absolute atomic E-state index is 11.5. The Bertz CT molecular complexity index is 278. The van der Waals surface area contributed by atoms with E-state index in [9.17, 15) is 13.2 Å². The molecule has 0 saturated carbocycles. The van der Waals surface area contributed by atoms with Crippen LogP contribution in [0.3, 0.4) is 0 Å². The highest BCUT2D eigenvalue weighted by atomic mass is 35.5. The Morgan fingerprint density at radius 3 is 2.58 bits per heavy atom. The molecule has 1 aromatic heterocycles. The molecule has 0 radical (unpaired) electrons. The normalized spacial score (nSPS) is 11.3. The minimum atomic E-state index is -4.79. The zero-order chi connectivity index (χ0) is 9.19. The highest BCUT2D eigenvalue weighted by molar-refractivity contribution is 6.29. The SMILES string of the molecule is FC(F)(F)Oc1nccc(Cl)n1. The van der Waals surface area contributed by atoms with E-state index in [1.165, 1.54) is 6.07 Å². The van der Waals surface area contributed by atoms with Crippen molar-refractivity contribution in [2.45, 2.75) is 6.36 Å². The van der Waals surface area contributed by atoms with Crippen molar-refractivity contribution >= 4 is 11.6 Å². The molecule has 0 aliphatic rings. The van der Waals surface area contributed by atoms with Gasteiger partial charge in [-0.1, -0.05) is 11.6 Å². The van der Waals surface area contributed by atoms with Crippen molar-refractivity contribution in [2.75, 3.05) is 0 Å². The first-order valence-electron chi connectivity index (χ1n) is 2.72. The zero-order valence-electron chi connectivity index (χ0n) is 5.47. The lowest BCUT2D eigenvalue weighted by atomic mass is 10.7. The first kappa shape index (κ1) is 9.05. The molecular formula is C5H2ClF3N2O. The van der Waals surface area contributed by atoms with Crippen molar-refractivity contribution < 1.29 is 17.9 Å². The van der Waals surface area contributed by atoms with Crippen LogP contribution in [0.1, 0.15) is 0 Å². The van der Waals surface area contributed by atoms with Crippen LogP contribution in [-0.2, 0) is 0 Å². The van der Waals surface area contributed by atoms with Crippen LogP contribution in [0.5, 0.6) is 6.01 Å². The number of alkyl halides is 3. The van der Waals surface area contributed by atoms with E-state index in [2.05, 4.69) is 14.7 Å². The van der Waals surface area contributed by atoms with Gasteiger partial charge in [-0.15, -0.1) is 13.2 Å². The summed E-state index contributed by atoms with van der Waals surface area (Å²) in [5.41, 5.74) is 0. The first-order valence-corrected chi connectivity index (χ1v) is 3.09. The molecule has 0 spiro atoms.